The second-order valence-electron chi connectivity index (χ2n) is 6.72. The third kappa shape index (κ3) is 5.60. The molecule has 3 aromatic rings. The number of ether oxygens (including phenoxy) is 1. The van der Waals surface area contributed by atoms with E-state index in [1.54, 1.807) is 24.3 Å². The summed E-state index contributed by atoms with van der Waals surface area (Å²) in [4.78, 5) is 24.2. The van der Waals surface area contributed by atoms with Gasteiger partial charge in [0.1, 0.15) is 6.04 Å². The Kier molecular flexibility index (Phi) is 7.60. The van der Waals surface area contributed by atoms with E-state index in [1.807, 2.05) is 66.7 Å². The lowest BCUT2D eigenvalue weighted by molar-refractivity contribution is -0.124. The van der Waals surface area contributed by atoms with Crippen molar-refractivity contribution in [2.24, 2.45) is 0 Å². The van der Waals surface area contributed by atoms with E-state index < -0.39 is 25.2 Å². The van der Waals surface area contributed by atoms with Crippen molar-refractivity contribution in [2.45, 2.75) is 6.04 Å². The van der Waals surface area contributed by atoms with Crippen LogP contribution >= 0.6 is 7.14 Å². The SMILES string of the molecule is COC(=O)NNC(=O)C(NCP(=O)(c1ccccc1)c1ccccc1)c1ccccc1. The van der Waals surface area contributed by atoms with E-state index in [-0.39, 0.29) is 6.29 Å². The first kappa shape index (κ1) is 22.3. The summed E-state index contributed by atoms with van der Waals surface area (Å²) in [5.41, 5.74) is 5.17. The molecule has 7 nitrogen and oxygen atoms in total. The first-order valence-corrected chi connectivity index (χ1v) is 11.6. The van der Waals surface area contributed by atoms with Crippen molar-refractivity contribution in [2.75, 3.05) is 13.4 Å². The summed E-state index contributed by atoms with van der Waals surface area (Å²) in [6.45, 7) is 0. The summed E-state index contributed by atoms with van der Waals surface area (Å²) in [5.74, 6) is -0.510. The van der Waals surface area contributed by atoms with Crippen LogP contribution < -0.4 is 26.8 Å². The minimum absolute atomic E-state index is 0.0478. The van der Waals surface area contributed by atoms with Crippen molar-refractivity contribution in [3.63, 3.8) is 0 Å². The van der Waals surface area contributed by atoms with Crippen molar-refractivity contribution >= 4 is 29.8 Å². The van der Waals surface area contributed by atoms with Crippen LogP contribution in [0.1, 0.15) is 11.6 Å². The molecule has 0 bridgehead atoms. The number of hydrogen-bond acceptors (Lipinski definition) is 5. The molecular weight excluding hydrogens is 413 g/mol. The van der Waals surface area contributed by atoms with Gasteiger partial charge in [-0.3, -0.25) is 15.5 Å². The van der Waals surface area contributed by atoms with Gasteiger partial charge >= 0.3 is 6.09 Å². The number of nitrogens with one attached hydrogen (secondary N) is 3. The number of hydrazine groups is 1. The molecule has 3 aromatic carbocycles. The maximum Gasteiger partial charge on any atom is 0.425 e. The number of carbonyl (C=O) groups is 2. The van der Waals surface area contributed by atoms with Gasteiger partial charge in [-0.15, -0.1) is 0 Å². The highest BCUT2D eigenvalue weighted by atomic mass is 31.2. The minimum Gasteiger partial charge on any atom is -0.452 e. The van der Waals surface area contributed by atoms with Crippen LogP contribution in [0.3, 0.4) is 0 Å². The van der Waals surface area contributed by atoms with E-state index in [2.05, 4.69) is 20.9 Å². The van der Waals surface area contributed by atoms with Gasteiger partial charge in [-0.1, -0.05) is 91.0 Å². The van der Waals surface area contributed by atoms with Gasteiger partial charge in [0.15, 0.2) is 7.14 Å². The summed E-state index contributed by atoms with van der Waals surface area (Å²) in [7, 11) is -1.89. The lowest BCUT2D eigenvalue weighted by Crippen LogP contribution is -2.47. The molecule has 2 amide bonds. The normalized spacial score (nSPS) is 11.9. The molecule has 8 heteroatoms. The Bertz CT molecular complexity index is 1000. The third-order valence-electron chi connectivity index (χ3n) is 4.73. The average Bonchev–Trinajstić information content (AvgIpc) is 2.84. The smallest absolute Gasteiger partial charge is 0.425 e. The molecule has 1 unspecified atom stereocenters. The summed E-state index contributed by atoms with van der Waals surface area (Å²) < 4.78 is 18.7. The molecule has 3 rings (SSSR count). The zero-order chi connectivity index (χ0) is 22.1. The van der Waals surface area contributed by atoms with Gasteiger partial charge in [0.25, 0.3) is 5.91 Å². The number of amides is 2. The Balaban J connectivity index is 1.89. The summed E-state index contributed by atoms with van der Waals surface area (Å²) >= 11 is 0. The molecule has 0 aliphatic rings. The molecule has 0 spiro atoms. The number of hydrogen-bond donors (Lipinski definition) is 3. The molecule has 0 aliphatic heterocycles. The van der Waals surface area contributed by atoms with Crippen LogP contribution in [0, 0.1) is 0 Å². The van der Waals surface area contributed by atoms with Crippen molar-refractivity contribution in [3.05, 3.63) is 96.6 Å². The van der Waals surface area contributed by atoms with E-state index in [4.69, 9.17) is 0 Å². The molecule has 0 heterocycles. The highest BCUT2D eigenvalue weighted by molar-refractivity contribution is 7.78. The fourth-order valence-electron chi connectivity index (χ4n) is 3.13. The molecule has 3 N–H and O–H groups in total. The number of methoxy groups -OCH3 is 1. The molecule has 160 valence electrons. The van der Waals surface area contributed by atoms with Crippen molar-refractivity contribution < 1.29 is 18.9 Å². The van der Waals surface area contributed by atoms with E-state index in [0.29, 0.717) is 16.2 Å². The fourth-order valence-corrected chi connectivity index (χ4v) is 5.54. The van der Waals surface area contributed by atoms with Crippen LogP contribution in [0.2, 0.25) is 0 Å². The topological polar surface area (TPSA) is 96.5 Å². The minimum atomic E-state index is -3.09. The lowest BCUT2D eigenvalue weighted by Gasteiger charge is -2.24. The van der Waals surface area contributed by atoms with E-state index in [9.17, 15) is 14.2 Å². The standard InChI is InChI=1S/C23H24N3O4P/c1-30-23(28)26-25-22(27)21(18-11-5-2-6-12-18)24-17-31(29,19-13-7-3-8-14-19)20-15-9-4-10-16-20/h2-16,21,24H,17H2,1H3,(H,25,27)(H,26,28). The zero-order valence-electron chi connectivity index (χ0n) is 17.0. The molecule has 0 aliphatic carbocycles. The second kappa shape index (κ2) is 10.6. The summed E-state index contributed by atoms with van der Waals surface area (Å²) in [6, 6.07) is 26.6. The Morgan fingerprint density at radius 3 is 1.77 bits per heavy atom. The van der Waals surface area contributed by atoms with Crippen LogP contribution in [-0.2, 0) is 14.1 Å². The second-order valence-corrected chi connectivity index (χ2v) is 9.55. The van der Waals surface area contributed by atoms with Crippen LogP contribution in [0.15, 0.2) is 91.0 Å². The van der Waals surface area contributed by atoms with E-state index in [1.165, 1.54) is 7.11 Å². The molecule has 0 aromatic heterocycles. The average molecular weight is 437 g/mol. The fraction of sp³-hybridized carbons (Fsp3) is 0.130. The first-order valence-electron chi connectivity index (χ1n) is 9.67. The quantitative estimate of drug-likeness (QED) is 0.390. The summed E-state index contributed by atoms with van der Waals surface area (Å²) in [6.07, 6.45) is -0.744. The van der Waals surface area contributed by atoms with Gasteiger partial charge in [-0.25, -0.2) is 10.2 Å². The molecule has 1 atom stereocenters. The van der Waals surface area contributed by atoms with Gasteiger partial charge in [-0.2, -0.15) is 0 Å². The third-order valence-corrected chi connectivity index (χ3v) is 7.63. The zero-order valence-corrected chi connectivity index (χ0v) is 17.9. The van der Waals surface area contributed by atoms with Crippen LogP contribution in [-0.4, -0.2) is 25.4 Å². The molecule has 0 saturated heterocycles. The molecule has 0 fully saturated rings. The van der Waals surface area contributed by atoms with Crippen LogP contribution in [0.5, 0.6) is 0 Å². The molecule has 31 heavy (non-hydrogen) atoms. The van der Waals surface area contributed by atoms with Crippen LogP contribution in [0.4, 0.5) is 4.79 Å². The summed E-state index contributed by atoms with van der Waals surface area (Å²) in [5, 5.41) is 4.52. The van der Waals surface area contributed by atoms with Gasteiger partial charge in [-0.05, 0) is 5.56 Å². The molecule has 0 radical (unpaired) electrons. The highest BCUT2D eigenvalue weighted by Crippen LogP contribution is 2.42. The maximum absolute atomic E-state index is 14.2. The van der Waals surface area contributed by atoms with Gasteiger partial charge < -0.3 is 9.30 Å². The maximum atomic E-state index is 14.2. The molecule has 0 saturated carbocycles. The predicted molar refractivity (Wildman–Crippen MR) is 121 cm³/mol. The first-order chi connectivity index (χ1) is 15.0. The van der Waals surface area contributed by atoms with E-state index >= 15 is 0 Å². The predicted octanol–water partition coefficient (Wildman–Crippen LogP) is 2.68. The Labute approximate surface area is 181 Å². The highest BCUT2D eigenvalue weighted by Gasteiger charge is 2.30. The van der Waals surface area contributed by atoms with Gasteiger partial charge in [0, 0.05) is 10.6 Å². The van der Waals surface area contributed by atoms with Crippen molar-refractivity contribution in [1.29, 1.82) is 0 Å². The Morgan fingerprint density at radius 1 is 0.806 bits per heavy atom. The van der Waals surface area contributed by atoms with Crippen molar-refractivity contribution in [1.82, 2.24) is 16.2 Å². The molecular formula is C23H24N3O4P. The number of benzene rings is 3. The number of rotatable bonds is 7. The Morgan fingerprint density at radius 2 is 1.29 bits per heavy atom. The van der Waals surface area contributed by atoms with Gasteiger partial charge in [0.2, 0.25) is 0 Å². The van der Waals surface area contributed by atoms with Crippen LogP contribution in [0.25, 0.3) is 0 Å². The van der Waals surface area contributed by atoms with E-state index in [0.717, 1.165) is 0 Å². The monoisotopic (exact) mass is 437 g/mol. The largest absolute Gasteiger partial charge is 0.452 e. The van der Waals surface area contributed by atoms with Crippen molar-refractivity contribution in [3.8, 4) is 0 Å². The van der Waals surface area contributed by atoms with Gasteiger partial charge in [0.05, 0.1) is 13.4 Å². The number of carbonyl (C=O) groups excluding carboxylic acids is 2. The lowest BCUT2D eigenvalue weighted by atomic mass is 10.1. The Hall–Kier alpha value is -3.41.